The predicted octanol–water partition coefficient (Wildman–Crippen LogP) is 2.63. The van der Waals surface area contributed by atoms with Crippen molar-refractivity contribution in [1.29, 1.82) is 0 Å². The van der Waals surface area contributed by atoms with Crippen LogP contribution in [0.15, 0.2) is 24.3 Å². The number of ether oxygens (including phenoxy) is 1. The van der Waals surface area contributed by atoms with Crippen molar-refractivity contribution in [2.75, 3.05) is 20.2 Å². The van der Waals surface area contributed by atoms with Gasteiger partial charge in [-0.05, 0) is 31.2 Å². The van der Waals surface area contributed by atoms with E-state index >= 15 is 0 Å². The number of rotatable bonds is 8. The fourth-order valence-electron chi connectivity index (χ4n) is 1.83. The van der Waals surface area contributed by atoms with Gasteiger partial charge in [0.25, 0.3) is 0 Å². The Morgan fingerprint density at radius 3 is 2.53 bits per heavy atom. The molecule has 0 aliphatic carbocycles. The minimum absolute atomic E-state index is 0.350. The van der Waals surface area contributed by atoms with Gasteiger partial charge in [-0.2, -0.15) is 0 Å². The molecule has 0 aliphatic heterocycles. The summed E-state index contributed by atoms with van der Waals surface area (Å²) in [5.41, 5.74) is 1.16. The second-order valence-electron chi connectivity index (χ2n) is 4.93. The average molecular weight is 265 g/mol. The molecule has 1 rings (SSSR count). The maximum Gasteiger partial charge on any atom is 0.307 e. The van der Waals surface area contributed by atoms with Gasteiger partial charge < -0.3 is 14.7 Å². The van der Waals surface area contributed by atoms with Gasteiger partial charge in [0.1, 0.15) is 5.75 Å². The highest BCUT2D eigenvalue weighted by Crippen LogP contribution is 2.14. The summed E-state index contributed by atoms with van der Waals surface area (Å²) in [6, 6.07) is 7.96. The van der Waals surface area contributed by atoms with E-state index in [2.05, 4.69) is 6.92 Å². The molecule has 106 valence electrons. The van der Waals surface area contributed by atoms with Crippen molar-refractivity contribution < 1.29 is 14.6 Å². The molecule has 0 bridgehead atoms. The largest absolute Gasteiger partial charge is 0.494 e. The Balaban J connectivity index is 2.46. The molecule has 0 saturated carbocycles. The summed E-state index contributed by atoms with van der Waals surface area (Å²) < 4.78 is 5.52. The molecule has 4 nitrogen and oxygen atoms in total. The highest BCUT2D eigenvalue weighted by molar-refractivity contribution is 5.69. The van der Waals surface area contributed by atoms with Crippen LogP contribution in [0.25, 0.3) is 0 Å². The quantitative estimate of drug-likeness (QED) is 0.785. The van der Waals surface area contributed by atoms with Crippen LogP contribution in [0.1, 0.15) is 25.8 Å². The molecule has 1 aromatic carbocycles. The Kier molecular flexibility index (Phi) is 6.36. The van der Waals surface area contributed by atoms with Gasteiger partial charge in [-0.25, -0.2) is 0 Å². The first-order valence-corrected chi connectivity index (χ1v) is 6.66. The molecular formula is C15H23NO3. The topological polar surface area (TPSA) is 49.8 Å². The first kappa shape index (κ1) is 15.5. The summed E-state index contributed by atoms with van der Waals surface area (Å²) in [4.78, 5) is 12.8. The number of carbonyl (C=O) groups is 1. The number of carboxylic acids is 1. The minimum atomic E-state index is -0.754. The number of aliphatic carboxylic acids is 1. The molecule has 0 aliphatic rings. The van der Waals surface area contributed by atoms with Crippen LogP contribution in [0.3, 0.4) is 0 Å². The Morgan fingerprint density at radius 1 is 1.37 bits per heavy atom. The van der Waals surface area contributed by atoms with Gasteiger partial charge in [0, 0.05) is 13.1 Å². The average Bonchev–Trinajstić information content (AvgIpc) is 2.37. The van der Waals surface area contributed by atoms with Crippen molar-refractivity contribution in [3.8, 4) is 5.75 Å². The zero-order chi connectivity index (χ0) is 14.3. The van der Waals surface area contributed by atoms with E-state index < -0.39 is 5.97 Å². The van der Waals surface area contributed by atoms with Crippen LogP contribution in [-0.4, -0.2) is 36.2 Å². The van der Waals surface area contributed by atoms with E-state index in [1.165, 1.54) is 0 Å². The zero-order valence-electron chi connectivity index (χ0n) is 11.9. The molecule has 0 saturated heterocycles. The maximum atomic E-state index is 10.8. The molecule has 0 aromatic heterocycles. The molecule has 1 aromatic rings. The lowest BCUT2D eigenvalue weighted by Crippen LogP contribution is -2.28. The summed E-state index contributed by atoms with van der Waals surface area (Å²) >= 11 is 0. The molecule has 1 N–H and O–H groups in total. The normalized spacial score (nSPS) is 12.4. The Morgan fingerprint density at radius 2 is 2.00 bits per heavy atom. The lowest BCUT2D eigenvalue weighted by molar-refractivity contribution is -0.141. The van der Waals surface area contributed by atoms with Crippen molar-refractivity contribution >= 4 is 5.97 Å². The van der Waals surface area contributed by atoms with E-state index in [4.69, 9.17) is 9.84 Å². The lowest BCUT2D eigenvalue weighted by atomic mass is 10.1. The number of benzene rings is 1. The Hall–Kier alpha value is -1.55. The molecule has 1 unspecified atom stereocenters. The molecule has 4 heteroatoms. The number of nitrogens with zero attached hydrogens (tertiary/aromatic N) is 1. The fraction of sp³-hybridized carbons (Fsp3) is 0.533. The van der Waals surface area contributed by atoms with E-state index in [1.807, 2.05) is 36.2 Å². The van der Waals surface area contributed by atoms with Gasteiger partial charge in [-0.1, -0.05) is 26.0 Å². The molecule has 19 heavy (non-hydrogen) atoms. The monoisotopic (exact) mass is 265 g/mol. The van der Waals surface area contributed by atoms with E-state index in [-0.39, 0.29) is 5.92 Å². The van der Waals surface area contributed by atoms with Crippen molar-refractivity contribution in [1.82, 2.24) is 4.90 Å². The molecule has 0 radical (unpaired) electrons. The van der Waals surface area contributed by atoms with Crippen molar-refractivity contribution in [2.24, 2.45) is 5.92 Å². The van der Waals surface area contributed by atoms with E-state index in [1.54, 1.807) is 6.92 Å². The second kappa shape index (κ2) is 7.79. The predicted molar refractivity (Wildman–Crippen MR) is 75.4 cm³/mol. The first-order chi connectivity index (χ1) is 9.02. The molecule has 0 amide bonds. The summed E-state index contributed by atoms with van der Waals surface area (Å²) in [5, 5.41) is 8.87. The molecular weight excluding hydrogens is 242 g/mol. The van der Waals surface area contributed by atoms with Gasteiger partial charge in [0.15, 0.2) is 0 Å². The molecule has 1 atom stereocenters. The van der Waals surface area contributed by atoms with Crippen LogP contribution in [0.4, 0.5) is 0 Å². The highest BCUT2D eigenvalue weighted by Gasteiger charge is 2.13. The van der Waals surface area contributed by atoms with Crippen LogP contribution in [0.2, 0.25) is 0 Å². The smallest absolute Gasteiger partial charge is 0.307 e. The van der Waals surface area contributed by atoms with E-state index in [0.717, 1.165) is 30.9 Å². The summed E-state index contributed by atoms with van der Waals surface area (Å²) in [6.45, 7) is 5.82. The maximum absolute atomic E-state index is 10.8. The van der Waals surface area contributed by atoms with Crippen LogP contribution in [0.5, 0.6) is 5.75 Å². The molecule has 0 fully saturated rings. The minimum Gasteiger partial charge on any atom is -0.494 e. The van der Waals surface area contributed by atoms with Gasteiger partial charge in [-0.3, -0.25) is 4.79 Å². The third kappa shape index (κ3) is 5.75. The van der Waals surface area contributed by atoms with Gasteiger partial charge in [-0.15, -0.1) is 0 Å². The summed E-state index contributed by atoms with van der Waals surface area (Å²) in [6.07, 6.45) is 0.998. The van der Waals surface area contributed by atoms with Crippen LogP contribution in [0, 0.1) is 5.92 Å². The Labute approximate surface area is 115 Å². The number of hydrogen-bond donors (Lipinski definition) is 1. The van der Waals surface area contributed by atoms with E-state index in [9.17, 15) is 4.79 Å². The van der Waals surface area contributed by atoms with Gasteiger partial charge >= 0.3 is 5.97 Å². The third-order valence-electron chi connectivity index (χ3n) is 2.86. The van der Waals surface area contributed by atoms with Crippen LogP contribution in [-0.2, 0) is 11.3 Å². The van der Waals surface area contributed by atoms with Crippen LogP contribution < -0.4 is 4.74 Å². The number of carboxylic acid groups (broad SMARTS) is 1. The van der Waals surface area contributed by atoms with Crippen LogP contribution >= 0.6 is 0 Å². The van der Waals surface area contributed by atoms with Crippen molar-refractivity contribution in [3.05, 3.63) is 29.8 Å². The highest BCUT2D eigenvalue weighted by atomic mass is 16.5. The first-order valence-electron chi connectivity index (χ1n) is 6.66. The standard InChI is InChI=1S/C15H23NO3/c1-4-9-19-14-7-5-13(6-8-14)11-16(3)10-12(2)15(17)18/h5-8,12H,4,9-11H2,1-3H3,(H,17,18). The summed E-state index contributed by atoms with van der Waals surface area (Å²) in [5.74, 6) is -0.223. The van der Waals surface area contributed by atoms with Crippen molar-refractivity contribution in [3.63, 3.8) is 0 Å². The lowest BCUT2D eigenvalue weighted by Gasteiger charge is -2.19. The Bertz CT molecular complexity index is 389. The number of hydrogen-bond acceptors (Lipinski definition) is 3. The van der Waals surface area contributed by atoms with Gasteiger partial charge in [0.2, 0.25) is 0 Å². The molecule has 0 spiro atoms. The fourth-order valence-corrected chi connectivity index (χ4v) is 1.83. The van der Waals surface area contributed by atoms with Crippen molar-refractivity contribution in [2.45, 2.75) is 26.8 Å². The second-order valence-corrected chi connectivity index (χ2v) is 4.93. The zero-order valence-corrected chi connectivity index (χ0v) is 11.9. The van der Waals surface area contributed by atoms with E-state index in [0.29, 0.717) is 6.54 Å². The van der Waals surface area contributed by atoms with Gasteiger partial charge in [0.05, 0.1) is 12.5 Å². The SMILES string of the molecule is CCCOc1ccc(CN(C)CC(C)C(=O)O)cc1. The third-order valence-corrected chi connectivity index (χ3v) is 2.86. The molecule has 0 heterocycles. The summed E-state index contributed by atoms with van der Waals surface area (Å²) in [7, 11) is 1.93.